The summed E-state index contributed by atoms with van der Waals surface area (Å²) >= 11 is 0. The third-order valence-electron chi connectivity index (χ3n) is 3.07. The van der Waals surface area contributed by atoms with Gasteiger partial charge < -0.3 is 5.32 Å². The predicted octanol–water partition coefficient (Wildman–Crippen LogP) is 1.06. The Labute approximate surface area is 100 Å². The first-order chi connectivity index (χ1) is 8.00. The molecule has 1 N–H and O–H groups in total. The smallest absolute Gasteiger partial charge is 0.154 e. The Kier molecular flexibility index (Phi) is 3.44. The van der Waals surface area contributed by atoms with Gasteiger partial charge >= 0.3 is 0 Å². The molecule has 1 aliphatic heterocycles. The summed E-state index contributed by atoms with van der Waals surface area (Å²) in [4.78, 5) is 3.96. The van der Waals surface area contributed by atoms with Crippen molar-refractivity contribution in [3.05, 3.63) is 29.8 Å². The van der Waals surface area contributed by atoms with Gasteiger partial charge in [0.15, 0.2) is 9.84 Å². The molecule has 94 valence electrons. The minimum Gasteiger partial charge on any atom is -0.308 e. The van der Waals surface area contributed by atoms with Crippen LogP contribution in [0.5, 0.6) is 0 Å². The quantitative estimate of drug-likeness (QED) is 0.818. The van der Waals surface area contributed by atoms with Gasteiger partial charge in [-0.1, -0.05) is 0 Å². The van der Waals surface area contributed by atoms with Crippen molar-refractivity contribution in [3.8, 4) is 0 Å². The maximum Gasteiger partial charge on any atom is 0.154 e. The normalized spacial score (nSPS) is 28.6. The van der Waals surface area contributed by atoms with E-state index in [1.807, 2.05) is 0 Å². The molecule has 1 aromatic heterocycles. The maximum absolute atomic E-state index is 12.8. The van der Waals surface area contributed by atoms with Gasteiger partial charge in [-0.15, -0.1) is 0 Å². The molecule has 2 rings (SSSR count). The van der Waals surface area contributed by atoms with Crippen molar-refractivity contribution in [2.24, 2.45) is 0 Å². The minimum atomic E-state index is -3.10. The fourth-order valence-electron chi connectivity index (χ4n) is 2.01. The lowest BCUT2D eigenvalue weighted by molar-refractivity contribution is 0.507. The van der Waals surface area contributed by atoms with Crippen molar-refractivity contribution < 1.29 is 12.8 Å². The van der Waals surface area contributed by atoms with Gasteiger partial charge in [-0.25, -0.2) is 12.8 Å². The van der Waals surface area contributed by atoms with E-state index in [9.17, 15) is 12.8 Å². The Morgan fingerprint density at radius 3 is 2.88 bits per heavy atom. The van der Waals surface area contributed by atoms with E-state index >= 15 is 0 Å². The standard InChI is InChI=1S/C11H15FN2O2S/c1-8-11(10-4-3-9(12)7-14-10)13-5-2-6-17(8,15)16/h3-4,7-8,11,13H,2,5-6H2,1H3. The zero-order chi connectivity index (χ0) is 12.5. The van der Waals surface area contributed by atoms with E-state index in [-0.39, 0.29) is 11.8 Å². The summed E-state index contributed by atoms with van der Waals surface area (Å²) in [6.07, 6.45) is 1.71. The molecule has 0 aliphatic carbocycles. The molecular weight excluding hydrogens is 243 g/mol. The number of aromatic nitrogens is 1. The summed E-state index contributed by atoms with van der Waals surface area (Å²) in [5.41, 5.74) is 0.573. The van der Waals surface area contributed by atoms with Gasteiger partial charge in [0.1, 0.15) is 5.82 Å². The van der Waals surface area contributed by atoms with Gasteiger partial charge in [0.25, 0.3) is 0 Å². The highest BCUT2D eigenvalue weighted by atomic mass is 32.2. The van der Waals surface area contributed by atoms with Crippen LogP contribution in [0.2, 0.25) is 0 Å². The van der Waals surface area contributed by atoms with E-state index in [0.29, 0.717) is 18.7 Å². The lowest BCUT2D eigenvalue weighted by atomic mass is 10.1. The van der Waals surface area contributed by atoms with Gasteiger partial charge in [0.2, 0.25) is 0 Å². The van der Waals surface area contributed by atoms with Crippen molar-refractivity contribution in [3.63, 3.8) is 0 Å². The van der Waals surface area contributed by atoms with E-state index in [4.69, 9.17) is 0 Å². The van der Waals surface area contributed by atoms with E-state index < -0.39 is 20.9 Å². The topological polar surface area (TPSA) is 59.1 Å². The van der Waals surface area contributed by atoms with Gasteiger partial charge in [-0.05, 0) is 32.0 Å². The Balaban J connectivity index is 2.33. The number of hydrogen-bond donors (Lipinski definition) is 1. The molecule has 0 radical (unpaired) electrons. The molecule has 2 atom stereocenters. The van der Waals surface area contributed by atoms with Gasteiger partial charge in [0.05, 0.1) is 28.9 Å². The Morgan fingerprint density at radius 1 is 1.47 bits per heavy atom. The number of nitrogens with one attached hydrogen (secondary N) is 1. The Morgan fingerprint density at radius 2 is 2.24 bits per heavy atom. The SMILES string of the molecule is CC1C(c2ccc(F)cn2)NCCCS1(=O)=O. The molecule has 0 aromatic carbocycles. The number of nitrogens with zero attached hydrogens (tertiary/aromatic N) is 1. The predicted molar refractivity (Wildman–Crippen MR) is 62.8 cm³/mol. The van der Waals surface area contributed by atoms with Crippen molar-refractivity contribution in [2.75, 3.05) is 12.3 Å². The van der Waals surface area contributed by atoms with Crippen molar-refractivity contribution in [1.82, 2.24) is 10.3 Å². The molecular formula is C11H15FN2O2S. The van der Waals surface area contributed by atoms with Crippen LogP contribution in [0.4, 0.5) is 4.39 Å². The number of sulfone groups is 1. The molecule has 2 unspecified atom stereocenters. The fourth-order valence-corrected chi connectivity index (χ4v) is 3.58. The minimum absolute atomic E-state index is 0.193. The number of hydrogen-bond acceptors (Lipinski definition) is 4. The summed E-state index contributed by atoms with van der Waals surface area (Å²) in [7, 11) is -3.10. The molecule has 1 fully saturated rings. The molecule has 4 nitrogen and oxygen atoms in total. The van der Waals surface area contributed by atoms with Crippen molar-refractivity contribution in [2.45, 2.75) is 24.6 Å². The third kappa shape index (κ3) is 2.63. The summed E-state index contributed by atoms with van der Waals surface area (Å²) < 4.78 is 36.6. The highest BCUT2D eigenvalue weighted by molar-refractivity contribution is 7.92. The summed E-state index contributed by atoms with van der Waals surface area (Å²) in [6, 6.07) is 2.47. The highest BCUT2D eigenvalue weighted by Gasteiger charge is 2.33. The van der Waals surface area contributed by atoms with Crippen LogP contribution in [0, 0.1) is 5.82 Å². The largest absolute Gasteiger partial charge is 0.308 e. The van der Waals surface area contributed by atoms with Crippen LogP contribution >= 0.6 is 0 Å². The summed E-state index contributed by atoms with van der Waals surface area (Å²) in [6.45, 7) is 2.30. The highest BCUT2D eigenvalue weighted by Crippen LogP contribution is 2.23. The molecule has 0 spiro atoms. The lowest BCUT2D eigenvalue weighted by Gasteiger charge is -2.21. The number of halogens is 1. The van der Waals surface area contributed by atoms with Crippen LogP contribution in [0.1, 0.15) is 25.1 Å². The molecule has 1 aliphatic rings. The van der Waals surface area contributed by atoms with Crippen LogP contribution in [0.25, 0.3) is 0 Å². The average molecular weight is 258 g/mol. The van der Waals surface area contributed by atoms with Crippen molar-refractivity contribution >= 4 is 9.84 Å². The average Bonchev–Trinajstić information content (AvgIpc) is 2.41. The molecule has 6 heteroatoms. The zero-order valence-electron chi connectivity index (χ0n) is 9.56. The Hall–Kier alpha value is -1.01. The van der Waals surface area contributed by atoms with Crippen LogP contribution in [-0.4, -0.2) is 30.9 Å². The molecule has 0 saturated carbocycles. The monoisotopic (exact) mass is 258 g/mol. The molecule has 17 heavy (non-hydrogen) atoms. The van der Waals surface area contributed by atoms with Crippen LogP contribution in [-0.2, 0) is 9.84 Å². The molecule has 1 saturated heterocycles. The molecule has 0 bridgehead atoms. The van der Waals surface area contributed by atoms with E-state index in [0.717, 1.165) is 6.20 Å². The Bertz CT molecular complexity index is 487. The van der Waals surface area contributed by atoms with E-state index in [1.165, 1.54) is 12.1 Å². The van der Waals surface area contributed by atoms with Crippen molar-refractivity contribution in [1.29, 1.82) is 0 Å². The molecule has 2 heterocycles. The van der Waals surface area contributed by atoms with E-state index in [1.54, 1.807) is 6.92 Å². The van der Waals surface area contributed by atoms with Crippen LogP contribution in [0.3, 0.4) is 0 Å². The molecule has 0 amide bonds. The summed E-state index contributed by atoms with van der Waals surface area (Å²) in [5, 5.41) is 2.62. The van der Waals surface area contributed by atoms with E-state index in [2.05, 4.69) is 10.3 Å². The van der Waals surface area contributed by atoms with Gasteiger partial charge in [-0.2, -0.15) is 0 Å². The second-order valence-corrected chi connectivity index (χ2v) is 6.74. The second kappa shape index (κ2) is 4.70. The molecule has 1 aromatic rings. The fraction of sp³-hybridized carbons (Fsp3) is 0.545. The van der Waals surface area contributed by atoms with Crippen LogP contribution in [0.15, 0.2) is 18.3 Å². The first-order valence-corrected chi connectivity index (χ1v) is 7.28. The van der Waals surface area contributed by atoms with Crippen LogP contribution < -0.4 is 5.32 Å². The third-order valence-corrected chi connectivity index (χ3v) is 5.34. The number of rotatable bonds is 1. The number of pyridine rings is 1. The maximum atomic E-state index is 12.8. The van der Waals surface area contributed by atoms with Gasteiger partial charge in [0, 0.05) is 0 Å². The summed E-state index contributed by atoms with van der Waals surface area (Å²) in [5.74, 6) is -0.225. The second-order valence-electron chi connectivity index (χ2n) is 4.26. The first kappa shape index (κ1) is 12.4. The zero-order valence-corrected chi connectivity index (χ0v) is 10.4. The first-order valence-electron chi connectivity index (χ1n) is 5.57. The lowest BCUT2D eigenvalue weighted by Crippen LogP contribution is -2.33. The van der Waals surface area contributed by atoms with Gasteiger partial charge in [-0.3, -0.25) is 4.98 Å².